The summed E-state index contributed by atoms with van der Waals surface area (Å²) in [7, 11) is -3.09. The summed E-state index contributed by atoms with van der Waals surface area (Å²) in [6.45, 7) is 5.26. The fourth-order valence-electron chi connectivity index (χ4n) is 2.27. The molecule has 0 aromatic carbocycles. The summed E-state index contributed by atoms with van der Waals surface area (Å²) in [5.41, 5.74) is 0. The Labute approximate surface area is 109 Å². The minimum absolute atomic E-state index is 0. The number of sulfonamides is 1. The Hall–Kier alpha value is 0.120. The Morgan fingerprint density at radius 3 is 2.82 bits per heavy atom. The number of halogens is 1. The zero-order chi connectivity index (χ0) is 11.6. The van der Waals surface area contributed by atoms with Gasteiger partial charge in [0.15, 0.2) is 0 Å². The molecule has 0 aliphatic carbocycles. The first kappa shape index (κ1) is 15.2. The fraction of sp³-hybridized carbons (Fsp3) is 1.00. The van der Waals surface area contributed by atoms with Crippen molar-refractivity contribution in [2.45, 2.75) is 19.4 Å². The molecule has 5 nitrogen and oxygen atoms in total. The summed E-state index contributed by atoms with van der Waals surface area (Å²) in [6, 6.07) is 0.253. The van der Waals surface area contributed by atoms with Gasteiger partial charge in [-0.05, 0) is 19.3 Å². The third-order valence-corrected chi connectivity index (χ3v) is 5.21. The van der Waals surface area contributed by atoms with Gasteiger partial charge >= 0.3 is 0 Å². The van der Waals surface area contributed by atoms with Crippen LogP contribution in [0.15, 0.2) is 0 Å². The Kier molecular flexibility index (Phi) is 5.66. The highest BCUT2D eigenvalue weighted by molar-refractivity contribution is 7.89. The number of nitrogens with zero attached hydrogens (tertiary/aromatic N) is 1. The van der Waals surface area contributed by atoms with Gasteiger partial charge in [-0.15, -0.1) is 12.4 Å². The fourth-order valence-corrected chi connectivity index (χ4v) is 4.16. The van der Waals surface area contributed by atoms with Gasteiger partial charge in [-0.25, -0.2) is 8.42 Å². The van der Waals surface area contributed by atoms with Crippen LogP contribution < -0.4 is 5.32 Å². The van der Waals surface area contributed by atoms with Crippen molar-refractivity contribution in [3.8, 4) is 0 Å². The lowest BCUT2D eigenvalue weighted by molar-refractivity contribution is 0.188. The Morgan fingerprint density at radius 2 is 2.24 bits per heavy atom. The molecule has 0 aromatic heterocycles. The summed E-state index contributed by atoms with van der Waals surface area (Å²) < 4.78 is 31.1. The largest absolute Gasteiger partial charge is 0.381 e. The van der Waals surface area contributed by atoms with Gasteiger partial charge < -0.3 is 10.1 Å². The predicted octanol–water partition coefficient (Wildman–Crippen LogP) is 0.0682. The maximum atomic E-state index is 12.1. The summed E-state index contributed by atoms with van der Waals surface area (Å²) in [6.07, 6.45) is 0.876. The number of hydrogen-bond donors (Lipinski definition) is 1. The molecule has 2 aliphatic heterocycles. The molecule has 0 saturated carbocycles. The molecule has 17 heavy (non-hydrogen) atoms. The molecular formula is C10H21ClN2O3S. The van der Waals surface area contributed by atoms with Crippen molar-refractivity contribution in [3.05, 3.63) is 0 Å². The first-order valence-corrected chi connectivity index (χ1v) is 7.48. The normalized spacial score (nSPS) is 31.1. The van der Waals surface area contributed by atoms with E-state index in [1.165, 1.54) is 0 Å². The van der Waals surface area contributed by atoms with Crippen LogP contribution in [-0.4, -0.2) is 57.4 Å². The highest BCUT2D eigenvalue weighted by atomic mass is 35.5. The van der Waals surface area contributed by atoms with E-state index in [0.717, 1.165) is 13.0 Å². The van der Waals surface area contributed by atoms with Crippen LogP contribution in [0.1, 0.15) is 13.3 Å². The minimum Gasteiger partial charge on any atom is -0.381 e. The van der Waals surface area contributed by atoms with Crippen LogP contribution in [-0.2, 0) is 14.8 Å². The van der Waals surface area contributed by atoms with Gasteiger partial charge in [-0.3, -0.25) is 0 Å². The molecule has 2 fully saturated rings. The SMILES string of the molecule is C[C@@H]1CN(S(=O)(=O)CC2CCOC2)CCN1.Cl. The Balaban J connectivity index is 0.00000144. The van der Waals surface area contributed by atoms with E-state index in [4.69, 9.17) is 4.74 Å². The lowest BCUT2D eigenvalue weighted by Gasteiger charge is -2.31. The molecule has 102 valence electrons. The molecule has 2 heterocycles. The van der Waals surface area contributed by atoms with Gasteiger partial charge in [-0.1, -0.05) is 0 Å². The molecule has 0 aromatic rings. The van der Waals surface area contributed by atoms with Crippen LogP contribution in [0.2, 0.25) is 0 Å². The predicted molar refractivity (Wildman–Crippen MR) is 69.0 cm³/mol. The van der Waals surface area contributed by atoms with Crippen molar-refractivity contribution in [2.24, 2.45) is 5.92 Å². The molecule has 0 bridgehead atoms. The molecular weight excluding hydrogens is 264 g/mol. The van der Waals surface area contributed by atoms with Gasteiger partial charge in [0.2, 0.25) is 10.0 Å². The molecule has 0 amide bonds. The van der Waals surface area contributed by atoms with Crippen LogP contribution >= 0.6 is 12.4 Å². The lowest BCUT2D eigenvalue weighted by atomic mass is 10.2. The molecule has 7 heteroatoms. The third kappa shape index (κ3) is 4.06. The molecule has 0 spiro atoms. The van der Waals surface area contributed by atoms with Crippen LogP contribution in [0.25, 0.3) is 0 Å². The zero-order valence-electron chi connectivity index (χ0n) is 10.1. The van der Waals surface area contributed by atoms with E-state index in [-0.39, 0.29) is 30.1 Å². The molecule has 2 saturated heterocycles. The third-order valence-electron chi connectivity index (χ3n) is 3.20. The van der Waals surface area contributed by atoms with Crippen molar-refractivity contribution in [3.63, 3.8) is 0 Å². The van der Waals surface area contributed by atoms with E-state index < -0.39 is 10.0 Å². The smallest absolute Gasteiger partial charge is 0.214 e. The minimum atomic E-state index is -3.09. The van der Waals surface area contributed by atoms with Gasteiger partial charge in [-0.2, -0.15) is 4.31 Å². The lowest BCUT2D eigenvalue weighted by Crippen LogP contribution is -2.52. The van der Waals surface area contributed by atoms with Crippen LogP contribution in [0, 0.1) is 5.92 Å². The van der Waals surface area contributed by atoms with Crippen LogP contribution in [0.5, 0.6) is 0 Å². The van der Waals surface area contributed by atoms with E-state index in [0.29, 0.717) is 26.3 Å². The highest BCUT2D eigenvalue weighted by Crippen LogP contribution is 2.17. The first-order valence-electron chi connectivity index (χ1n) is 5.87. The number of hydrogen-bond acceptors (Lipinski definition) is 4. The molecule has 0 radical (unpaired) electrons. The summed E-state index contributed by atoms with van der Waals surface area (Å²) >= 11 is 0. The molecule has 2 aliphatic rings. The second-order valence-electron chi connectivity index (χ2n) is 4.72. The van der Waals surface area contributed by atoms with Gasteiger partial charge in [0.1, 0.15) is 0 Å². The number of piperazine rings is 1. The highest BCUT2D eigenvalue weighted by Gasteiger charge is 2.30. The maximum Gasteiger partial charge on any atom is 0.214 e. The second-order valence-corrected chi connectivity index (χ2v) is 6.73. The Morgan fingerprint density at radius 1 is 1.47 bits per heavy atom. The molecule has 2 atom stereocenters. The summed E-state index contributed by atoms with van der Waals surface area (Å²) in [5, 5.41) is 3.25. The van der Waals surface area contributed by atoms with Crippen LogP contribution in [0.4, 0.5) is 0 Å². The average molecular weight is 285 g/mol. The van der Waals surface area contributed by atoms with Gasteiger partial charge in [0.25, 0.3) is 0 Å². The number of rotatable bonds is 3. The maximum absolute atomic E-state index is 12.1. The van der Waals surface area contributed by atoms with E-state index in [1.54, 1.807) is 4.31 Å². The number of nitrogens with one attached hydrogen (secondary N) is 1. The second kappa shape index (κ2) is 6.33. The standard InChI is InChI=1S/C10H20N2O3S.ClH/c1-9-6-12(4-3-11-9)16(13,14)8-10-2-5-15-7-10;/h9-11H,2-8H2,1H3;1H/t9-,10?;/m1./s1. The van der Waals surface area contributed by atoms with Gasteiger partial charge in [0, 0.05) is 32.3 Å². The first-order chi connectivity index (χ1) is 7.58. The van der Waals surface area contributed by atoms with Crippen molar-refractivity contribution in [1.82, 2.24) is 9.62 Å². The van der Waals surface area contributed by atoms with E-state index in [1.807, 2.05) is 6.92 Å². The number of ether oxygens (including phenoxy) is 1. The van der Waals surface area contributed by atoms with Gasteiger partial charge in [0.05, 0.1) is 12.4 Å². The monoisotopic (exact) mass is 284 g/mol. The summed E-state index contributed by atoms with van der Waals surface area (Å²) in [4.78, 5) is 0. The summed E-state index contributed by atoms with van der Waals surface area (Å²) in [5.74, 6) is 0.440. The van der Waals surface area contributed by atoms with E-state index in [9.17, 15) is 8.42 Å². The molecule has 2 rings (SSSR count). The molecule has 1 N–H and O–H groups in total. The van der Waals surface area contributed by atoms with Crippen molar-refractivity contribution < 1.29 is 13.2 Å². The van der Waals surface area contributed by atoms with Crippen molar-refractivity contribution >= 4 is 22.4 Å². The quantitative estimate of drug-likeness (QED) is 0.797. The zero-order valence-corrected chi connectivity index (χ0v) is 11.7. The topological polar surface area (TPSA) is 58.6 Å². The molecule has 1 unspecified atom stereocenters. The van der Waals surface area contributed by atoms with Crippen molar-refractivity contribution in [2.75, 3.05) is 38.6 Å². The van der Waals surface area contributed by atoms with E-state index >= 15 is 0 Å². The van der Waals surface area contributed by atoms with Crippen molar-refractivity contribution in [1.29, 1.82) is 0 Å². The van der Waals surface area contributed by atoms with Crippen LogP contribution in [0.3, 0.4) is 0 Å². The van der Waals surface area contributed by atoms with E-state index in [2.05, 4.69) is 5.32 Å². The Bertz CT molecular complexity index is 330. The average Bonchev–Trinajstić information content (AvgIpc) is 2.70.